The predicted molar refractivity (Wildman–Crippen MR) is 88.4 cm³/mol. The number of hydrogen-bond acceptors (Lipinski definition) is 4. The molecule has 0 saturated carbocycles. The van der Waals surface area contributed by atoms with E-state index in [1.165, 1.54) is 24.2 Å². The molecule has 21 heavy (non-hydrogen) atoms. The van der Waals surface area contributed by atoms with Crippen molar-refractivity contribution in [3.8, 4) is 0 Å². The molecule has 0 spiro atoms. The number of hydrogen-bond donors (Lipinski definition) is 1. The highest BCUT2D eigenvalue weighted by atomic mass is 16.5. The number of nitrogens with zero attached hydrogens (tertiary/aromatic N) is 2. The Morgan fingerprint density at radius 1 is 0.952 bits per heavy atom. The van der Waals surface area contributed by atoms with Crippen LogP contribution in [0.3, 0.4) is 0 Å². The Kier molecular flexibility index (Phi) is 4.99. The minimum Gasteiger partial charge on any atom is -0.378 e. The number of benzene rings is 1. The maximum Gasteiger partial charge on any atom is 0.0642 e. The Labute approximate surface area is 128 Å². The second kappa shape index (κ2) is 7.14. The molecule has 0 bridgehead atoms. The van der Waals surface area contributed by atoms with Crippen molar-refractivity contribution >= 4 is 11.4 Å². The smallest absolute Gasteiger partial charge is 0.0642 e. The van der Waals surface area contributed by atoms with Crippen LogP contribution in [0.2, 0.25) is 0 Å². The van der Waals surface area contributed by atoms with E-state index in [1.807, 2.05) is 0 Å². The van der Waals surface area contributed by atoms with E-state index in [0.717, 1.165) is 45.9 Å². The molecule has 1 aromatic rings. The highest BCUT2D eigenvalue weighted by molar-refractivity contribution is 5.56. The standard InChI is InChI=1S/C17H27N3O/c1-2-18-15-7-9-19(10-8-15)16-3-5-17(6-4-16)20-11-13-21-14-12-20/h3-6,15,18H,2,7-14H2,1H3. The third-order valence-electron chi connectivity index (χ3n) is 4.58. The molecule has 1 N–H and O–H groups in total. The molecule has 4 heteroatoms. The first kappa shape index (κ1) is 14.7. The third kappa shape index (κ3) is 3.69. The van der Waals surface area contributed by atoms with Crippen LogP contribution < -0.4 is 15.1 Å². The van der Waals surface area contributed by atoms with Gasteiger partial charge in [0.05, 0.1) is 13.2 Å². The van der Waals surface area contributed by atoms with Crippen molar-refractivity contribution in [3.63, 3.8) is 0 Å². The molecule has 2 aliphatic rings. The molecule has 2 saturated heterocycles. The van der Waals surface area contributed by atoms with E-state index in [2.05, 4.69) is 46.3 Å². The lowest BCUT2D eigenvalue weighted by Crippen LogP contribution is -2.42. The van der Waals surface area contributed by atoms with E-state index in [4.69, 9.17) is 4.74 Å². The molecule has 2 heterocycles. The van der Waals surface area contributed by atoms with Gasteiger partial charge < -0.3 is 19.9 Å². The lowest BCUT2D eigenvalue weighted by Gasteiger charge is -2.34. The normalized spacial score (nSPS) is 20.8. The summed E-state index contributed by atoms with van der Waals surface area (Å²) in [6.45, 7) is 9.30. The Morgan fingerprint density at radius 3 is 2.00 bits per heavy atom. The average Bonchev–Trinajstić information content (AvgIpc) is 2.57. The molecule has 3 rings (SSSR count). The Morgan fingerprint density at radius 2 is 1.48 bits per heavy atom. The highest BCUT2D eigenvalue weighted by Crippen LogP contribution is 2.24. The zero-order chi connectivity index (χ0) is 14.5. The van der Waals surface area contributed by atoms with Gasteiger partial charge in [-0.05, 0) is 43.7 Å². The molecule has 0 amide bonds. The van der Waals surface area contributed by atoms with E-state index in [-0.39, 0.29) is 0 Å². The molecule has 2 aliphatic heterocycles. The van der Waals surface area contributed by atoms with E-state index in [0.29, 0.717) is 6.04 Å². The monoisotopic (exact) mass is 289 g/mol. The van der Waals surface area contributed by atoms with Crippen LogP contribution in [0.4, 0.5) is 11.4 Å². The molecule has 2 fully saturated rings. The van der Waals surface area contributed by atoms with Crippen LogP contribution in [0, 0.1) is 0 Å². The molecule has 116 valence electrons. The summed E-state index contributed by atoms with van der Waals surface area (Å²) in [5.41, 5.74) is 2.69. The Hall–Kier alpha value is -1.26. The third-order valence-corrected chi connectivity index (χ3v) is 4.58. The van der Waals surface area contributed by atoms with Gasteiger partial charge in [0.15, 0.2) is 0 Å². The fourth-order valence-corrected chi connectivity index (χ4v) is 3.33. The quantitative estimate of drug-likeness (QED) is 0.919. The fourth-order valence-electron chi connectivity index (χ4n) is 3.33. The van der Waals surface area contributed by atoms with Gasteiger partial charge in [0.25, 0.3) is 0 Å². The first-order valence-electron chi connectivity index (χ1n) is 8.28. The lowest BCUT2D eigenvalue weighted by molar-refractivity contribution is 0.122. The minimum absolute atomic E-state index is 0.707. The van der Waals surface area contributed by atoms with Crippen molar-refractivity contribution in [1.29, 1.82) is 0 Å². The molecule has 0 atom stereocenters. The summed E-state index contributed by atoms with van der Waals surface area (Å²) in [5.74, 6) is 0. The molecular formula is C17H27N3O. The zero-order valence-corrected chi connectivity index (χ0v) is 13.1. The van der Waals surface area contributed by atoms with Crippen molar-refractivity contribution in [2.45, 2.75) is 25.8 Å². The van der Waals surface area contributed by atoms with E-state index < -0.39 is 0 Å². The minimum atomic E-state index is 0.707. The van der Waals surface area contributed by atoms with Gasteiger partial charge in [-0.2, -0.15) is 0 Å². The van der Waals surface area contributed by atoms with Gasteiger partial charge in [0.1, 0.15) is 0 Å². The molecule has 1 aromatic carbocycles. The van der Waals surface area contributed by atoms with Crippen molar-refractivity contribution in [3.05, 3.63) is 24.3 Å². The van der Waals surface area contributed by atoms with Gasteiger partial charge in [0.2, 0.25) is 0 Å². The Balaban J connectivity index is 1.57. The number of nitrogens with one attached hydrogen (secondary N) is 1. The van der Waals surface area contributed by atoms with Crippen LogP contribution >= 0.6 is 0 Å². The van der Waals surface area contributed by atoms with Crippen molar-refractivity contribution < 1.29 is 4.74 Å². The maximum absolute atomic E-state index is 5.41. The molecule has 0 aliphatic carbocycles. The van der Waals surface area contributed by atoms with Crippen LogP contribution in [0.15, 0.2) is 24.3 Å². The van der Waals surface area contributed by atoms with Crippen LogP contribution in [0.25, 0.3) is 0 Å². The molecular weight excluding hydrogens is 262 g/mol. The first-order chi connectivity index (χ1) is 10.4. The van der Waals surface area contributed by atoms with Gasteiger partial charge in [-0.1, -0.05) is 6.92 Å². The first-order valence-corrected chi connectivity index (χ1v) is 8.28. The summed E-state index contributed by atoms with van der Waals surface area (Å²) in [6, 6.07) is 9.78. The SMILES string of the molecule is CCNC1CCN(c2ccc(N3CCOCC3)cc2)CC1. The maximum atomic E-state index is 5.41. The van der Waals surface area contributed by atoms with Gasteiger partial charge in [0, 0.05) is 43.6 Å². The zero-order valence-electron chi connectivity index (χ0n) is 13.1. The molecule has 0 aromatic heterocycles. The second-order valence-corrected chi connectivity index (χ2v) is 5.93. The molecule has 0 radical (unpaired) electrons. The second-order valence-electron chi connectivity index (χ2n) is 5.93. The number of piperidine rings is 1. The lowest BCUT2D eigenvalue weighted by atomic mass is 10.0. The summed E-state index contributed by atoms with van der Waals surface area (Å²) in [5, 5.41) is 3.56. The topological polar surface area (TPSA) is 27.7 Å². The van der Waals surface area contributed by atoms with Gasteiger partial charge in [-0.3, -0.25) is 0 Å². The van der Waals surface area contributed by atoms with Crippen molar-refractivity contribution in [2.24, 2.45) is 0 Å². The van der Waals surface area contributed by atoms with Crippen molar-refractivity contribution in [1.82, 2.24) is 5.32 Å². The molecule has 4 nitrogen and oxygen atoms in total. The highest BCUT2D eigenvalue weighted by Gasteiger charge is 2.18. The van der Waals surface area contributed by atoms with E-state index in [1.54, 1.807) is 0 Å². The Bertz CT molecular complexity index is 420. The van der Waals surface area contributed by atoms with Crippen LogP contribution in [0.1, 0.15) is 19.8 Å². The van der Waals surface area contributed by atoms with Crippen LogP contribution in [-0.4, -0.2) is 52.0 Å². The summed E-state index contributed by atoms with van der Waals surface area (Å²) in [4.78, 5) is 4.92. The van der Waals surface area contributed by atoms with Gasteiger partial charge in [-0.25, -0.2) is 0 Å². The number of ether oxygens (including phenoxy) is 1. The predicted octanol–water partition coefficient (Wildman–Crippen LogP) is 2.10. The average molecular weight is 289 g/mol. The number of anilines is 2. The molecule has 0 unspecified atom stereocenters. The summed E-state index contributed by atoms with van der Waals surface area (Å²) in [6.07, 6.45) is 2.50. The van der Waals surface area contributed by atoms with E-state index >= 15 is 0 Å². The summed E-state index contributed by atoms with van der Waals surface area (Å²) in [7, 11) is 0. The fraction of sp³-hybridized carbons (Fsp3) is 0.647. The van der Waals surface area contributed by atoms with E-state index in [9.17, 15) is 0 Å². The summed E-state index contributed by atoms with van der Waals surface area (Å²) < 4.78 is 5.41. The van der Waals surface area contributed by atoms with Crippen LogP contribution in [-0.2, 0) is 4.74 Å². The van der Waals surface area contributed by atoms with Crippen molar-refractivity contribution in [2.75, 3.05) is 55.7 Å². The number of rotatable bonds is 4. The van der Waals surface area contributed by atoms with Crippen LogP contribution in [0.5, 0.6) is 0 Å². The largest absolute Gasteiger partial charge is 0.378 e. The summed E-state index contributed by atoms with van der Waals surface area (Å²) >= 11 is 0. The van der Waals surface area contributed by atoms with Gasteiger partial charge in [-0.15, -0.1) is 0 Å². The number of morpholine rings is 1. The van der Waals surface area contributed by atoms with Gasteiger partial charge >= 0.3 is 0 Å².